The van der Waals surface area contributed by atoms with E-state index in [-0.39, 0.29) is 17.1 Å². The van der Waals surface area contributed by atoms with Gasteiger partial charge in [0.15, 0.2) is 0 Å². The van der Waals surface area contributed by atoms with Crippen LogP contribution in [0.5, 0.6) is 0 Å². The molecule has 124 valence electrons. The second kappa shape index (κ2) is 6.07. The third-order valence-corrected chi connectivity index (χ3v) is 4.58. The van der Waals surface area contributed by atoms with Crippen LogP contribution in [0.25, 0.3) is 0 Å². The highest BCUT2D eigenvalue weighted by molar-refractivity contribution is 6.35. The number of carbonyl (C=O) groups is 2. The topological polar surface area (TPSA) is 49.4 Å². The van der Waals surface area contributed by atoms with Crippen molar-refractivity contribution in [2.24, 2.45) is 0 Å². The number of carbonyl (C=O) groups excluding carboxylic acids is 2. The van der Waals surface area contributed by atoms with E-state index >= 15 is 0 Å². The molecule has 1 heterocycles. The molecule has 7 heteroatoms. The van der Waals surface area contributed by atoms with Crippen molar-refractivity contribution in [3.63, 3.8) is 0 Å². The van der Waals surface area contributed by atoms with Gasteiger partial charge in [-0.15, -0.1) is 0 Å². The average molecular weight is 367 g/mol. The molecule has 3 rings (SSSR count). The van der Waals surface area contributed by atoms with Gasteiger partial charge in [0.05, 0.1) is 6.54 Å². The molecule has 2 aromatic rings. The van der Waals surface area contributed by atoms with Crippen LogP contribution in [0.4, 0.5) is 9.18 Å². The fourth-order valence-corrected chi connectivity index (χ4v) is 3.31. The lowest BCUT2D eigenvalue weighted by molar-refractivity contribution is -0.131. The molecule has 1 N–H and O–H groups in total. The first-order chi connectivity index (χ1) is 11.3. The van der Waals surface area contributed by atoms with E-state index in [0.717, 1.165) is 4.90 Å². The number of halogens is 3. The molecule has 1 aliphatic rings. The van der Waals surface area contributed by atoms with Crippen LogP contribution in [0.3, 0.4) is 0 Å². The Bertz CT molecular complexity index is 843. The first-order valence-electron chi connectivity index (χ1n) is 7.16. The smallest absolute Gasteiger partial charge is 0.319 e. The van der Waals surface area contributed by atoms with Gasteiger partial charge in [0, 0.05) is 21.2 Å². The van der Waals surface area contributed by atoms with Crippen LogP contribution >= 0.6 is 23.2 Å². The van der Waals surface area contributed by atoms with Crippen molar-refractivity contribution in [1.82, 2.24) is 10.2 Å². The fourth-order valence-electron chi connectivity index (χ4n) is 2.72. The van der Waals surface area contributed by atoms with E-state index in [2.05, 4.69) is 5.32 Å². The Morgan fingerprint density at radius 1 is 1.17 bits per heavy atom. The van der Waals surface area contributed by atoms with E-state index < -0.39 is 23.3 Å². The molecule has 0 aromatic heterocycles. The van der Waals surface area contributed by atoms with Gasteiger partial charge in [0.1, 0.15) is 11.4 Å². The zero-order valence-electron chi connectivity index (χ0n) is 12.6. The van der Waals surface area contributed by atoms with E-state index in [4.69, 9.17) is 23.2 Å². The summed E-state index contributed by atoms with van der Waals surface area (Å²) in [5, 5.41) is 3.33. The van der Waals surface area contributed by atoms with Crippen LogP contribution in [0.15, 0.2) is 42.5 Å². The number of benzene rings is 2. The number of nitrogens with one attached hydrogen (secondary N) is 1. The van der Waals surface area contributed by atoms with E-state index in [1.807, 2.05) is 0 Å². The summed E-state index contributed by atoms with van der Waals surface area (Å²) in [7, 11) is 0. The van der Waals surface area contributed by atoms with Gasteiger partial charge in [0.25, 0.3) is 5.91 Å². The molecule has 2 aromatic carbocycles. The first kappa shape index (κ1) is 16.7. The van der Waals surface area contributed by atoms with E-state index in [0.29, 0.717) is 10.6 Å². The SMILES string of the molecule is C[C@]1(c2ccc(Cl)cc2Cl)NC(=O)N(Cc2ccccc2F)C1=O. The summed E-state index contributed by atoms with van der Waals surface area (Å²) in [4.78, 5) is 26.1. The van der Waals surface area contributed by atoms with Crippen LogP contribution in [0.1, 0.15) is 18.1 Å². The van der Waals surface area contributed by atoms with E-state index in [1.54, 1.807) is 31.2 Å². The fraction of sp³-hybridized carbons (Fsp3) is 0.176. The molecule has 24 heavy (non-hydrogen) atoms. The number of rotatable bonds is 3. The van der Waals surface area contributed by atoms with Gasteiger partial charge in [-0.05, 0) is 25.1 Å². The van der Waals surface area contributed by atoms with Gasteiger partial charge in [-0.3, -0.25) is 9.69 Å². The largest absolute Gasteiger partial charge is 0.325 e. The monoisotopic (exact) mass is 366 g/mol. The van der Waals surface area contributed by atoms with Gasteiger partial charge in [-0.1, -0.05) is 47.5 Å². The lowest BCUT2D eigenvalue weighted by Gasteiger charge is -2.23. The standard InChI is InChI=1S/C17H13Cl2FN2O2/c1-17(12-7-6-11(18)8-13(12)19)15(23)22(16(24)21-17)9-10-4-2-3-5-14(10)20/h2-8H,9H2,1H3,(H,21,24)/t17-/m1/s1. The van der Waals surface area contributed by atoms with Crippen LogP contribution < -0.4 is 5.32 Å². The average Bonchev–Trinajstić information content (AvgIpc) is 2.73. The Hall–Kier alpha value is -2.11. The Balaban J connectivity index is 1.95. The Morgan fingerprint density at radius 2 is 1.88 bits per heavy atom. The van der Waals surface area contributed by atoms with E-state index in [1.165, 1.54) is 18.2 Å². The summed E-state index contributed by atoms with van der Waals surface area (Å²) in [5.74, 6) is -0.976. The van der Waals surface area contributed by atoms with Gasteiger partial charge >= 0.3 is 6.03 Å². The number of hydrogen-bond acceptors (Lipinski definition) is 2. The van der Waals surface area contributed by atoms with Gasteiger partial charge in [-0.2, -0.15) is 0 Å². The first-order valence-corrected chi connectivity index (χ1v) is 7.91. The Labute approximate surface area is 148 Å². The molecular formula is C17H13Cl2FN2O2. The minimum Gasteiger partial charge on any atom is -0.319 e. The summed E-state index contributed by atoms with van der Waals surface area (Å²) in [5.41, 5.74) is -0.639. The molecule has 0 bridgehead atoms. The molecule has 4 nitrogen and oxygen atoms in total. The molecule has 0 spiro atoms. The molecular weight excluding hydrogens is 354 g/mol. The number of hydrogen-bond donors (Lipinski definition) is 1. The van der Waals surface area contributed by atoms with E-state index in [9.17, 15) is 14.0 Å². The second-order valence-electron chi connectivity index (χ2n) is 5.66. The molecule has 3 amide bonds. The van der Waals surface area contributed by atoms with Gasteiger partial charge in [0.2, 0.25) is 0 Å². The minimum absolute atomic E-state index is 0.155. The summed E-state index contributed by atoms with van der Waals surface area (Å²) in [6, 6.07) is 10.1. The van der Waals surface area contributed by atoms with Crippen LogP contribution in [0, 0.1) is 5.82 Å². The highest BCUT2D eigenvalue weighted by Crippen LogP contribution is 2.35. The third-order valence-electron chi connectivity index (χ3n) is 4.03. The van der Waals surface area contributed by atoms with Crippen molar-refractivity contribution in [3.05, 3.63) is 69.5 Å². The predicted octanol–water partition coefficient (Wildman–Crippen LogP) is 4.10. The van der Waals surface area contributed by atoms with Crippen molar-refractivity contribution >= 4 is 35.1 Å². The Kier molecular flexibility index (Phi) is 4.24. The van der Waals surface area contributed by atoms with Gasteiger partial charge in [-0.25, -0.2) is 9.18 Å². The molecule has 1 fully saturated rings. The summed E-state index contributed by atoms with van der Waals surface area (Å²) < 4.78 is 13.8. The molecule has 0 radical (unpaired) electrons. The third kappa shape index (κ3) is 2.74. The van der Waals surface area contributed by atoms with Crippen LogP contribution in [-0.2, 0) is 16.9 Å². The second-order valence-corrected chi connectivity index (χ2v) is 6.51. The van der Waals surface area contributed by atoms with Crippen LogP contribution in [0.2, 0.25) is 10.0 Å². The lowest BCUT2D eigenvalue weighted by atomic mass is 9.92. The van der Waals surface area contributed by atoms with Crippen molar-refractivity contribution in [1.29, 1.82) is 0 Å². The maximum Gasteiger partial charge on any atom is 0.325 e. The molecule has 0 unspecified atom stereocenters. The zero-order chi connectivity index (χ0) is 17.5. The maximum atomic E-state index is 13.8. The van der Waals surface area contributed by atoms with Crippen molar-refractivity contribution in [3.8, 4) is 0 Å². The highest BCUT2D eigenvalue weighted by Gasteiger charge is 2.49. The molecule has 0 aliphatic carbocycles. The normalized spacial score (nSPS) is 20.4. The van der Waals surface area contributed by atoms with Crippen molar-refractivity contribution in [2.45, 2.75) is 19.0 Å². The molecule has 1 atom stereocenters. The lowest BCUT2D eigenvalue weighted by Crippen LogP contribution is -2.41. The van der Waals surface area contributed by atoms with Crippen molar-refractivity contribution < 1.29 is 14.0 Å². The molecule has 0 saturated carbocycles. The number of urea groups is 1. The minimum atomic E-state index is -1.33. The van der Waals surface area contributed by atoms with Crippen LogP contribution in [-0.4, -0.2) is 16.8 Å². The zero-order valence-corrected chi connectivity index (χ0v) is 14.2. The maximum absolute atomic E-state index is 13.8. The Morgan fingerprint density at radius 3 is 2.54 bits per heavy atom. The summed E-state index contributed by atoms with van der Waals surface area (Å²) in [6.07, 6.45) is 0. The van der Waals surface area contributed by atoms with Gasteiger partial charge < -0.3 is 5.32 Å². The summed E-state index contributed by atoms with van der Waals surface area (Å²) in [6.45, 7) is 1.40. The number of imide groups is 1. The predicted molar refractivity (Wildman–Crippen MR) is 89.3 cm³/mol. The number of amides is 3. The molecule has 1 aliphatic heterocycles. The molecule has 1 saturated heterocycles. The highest BCUT2D eigenvalue weighted by atomic mass is 35.5. The quantitative estimate of drug-likeness (QED) is 0.831. The summed E-state index contributed by atoms with van der Waals surface area (Å²) >= 11 is 12.1. The number of nitrogens with zero attached hydrogens (tertiary/aromatic N) is 1. The van der Waals surface area contributed by atoms with Crippen molar-refractivity contribution in [2.75, 3.05) is 0 Å².